The average Bonchev–Trinajstić information content (AvgIpc) is 3.04. The number of nitrogen functional groups attached to an aromatic ring is 1. The standard InChI is InChI=1S/C13H12FN5OS/c1-8-11(6-21-13-17-16-7-19(13)15)18-20-12(8)9-2-4-10(14)5-3-9/h2-5,7H,6,15H2,1H3. The highest BCUT2D eigenvalue weighted by Gasteiger charge is 2.15. The van der Waals surface area contributed by atoms with Gasteiger partial charge in [0.2, 0.25) is 5.16 Å². The van der Waals surface area contributed by atoms with Crippen molar-refractivity contribution >= 4 is 11.8 Å². The van der Waals surface area contributed by atoms with Gasteiger partial charge in [-0.15, -0.1) is 10.2 Å². The van der Waals surface area contributed by atoms with E-state index in [2.05, 4.69) is 15.4 Å². The van der Waals surface area contributed by atoms with Crippen LogP contribution in [0.15, 0.2) is 40.3 Å². The SMILES string of the molecule is Cc1c(CSc2nncn2N)noc1-c1ccc(F)cc1. The number of nitrogens with two attached hydrogens (primary N) is 1. The number of hydrogen-bond acceptors (Lipinski definition) is 6. The zero-order valence-corrected chi connectivity index (χ0v) is 12.0. The zero-order chi connectivity index (χ0) is 14.8. The van der Waals surface area contributed by atoms with E-state index in [1.807, 2.05) is 6.92 Å². The van der Waals surface area contributed by atoms with Crippen LogP contribution in [-0.4, -0.2) is 20.0 Å². The first-order valence-electron chi connectivity index (χ1n) is 6.14. The van der Waals surface area contributed by atoms with Gasteiger partial charge in [-0.3, -0.25) is 0 Å². The molecule has 6 nitrogen and oxygen atoms in total. The molecule has 0 spiro atoms. The van der Waals surface area contributed by atoms with Crippen LogP contribution >= 0.6 is 11.8 Å². The largest absolute Gasteiger partial charge is 0.356 e. The summed E-state index contributed by atoms with van der Waals surface area (Å²) in [4.78, 5) is 0. The van der Waals surface area contributed by atoms with Crippen molar-refractivity contribution in [2.45, 2.75) is 17.8 Å². The Hall–Kier alpha value is -2.35. The molecule has 2 heterocycles. The Morgan fingerprint density at radius 1 is 1.33 bits per heavy atom. The number of halogens is 1. The van der Waals surface area contributed by atoms with E-state index in [-0.39, 0.29) is 5.82 Å². The van der Waals surface area contributed by atoms with E-state index < -0.39 is 0 Å². The van der Waals surface area contributed by atoms with Crippen LogP contribution in [0.2, 0.25) is 0 Å². The van der Waals surface area contributed by atoms with Crippen molar-refractivity contribution in [1.82, 2.24) is 20.0 Å². The molecular formula is C13H12FN5OS. The zero-order valence-electron chi connectivity index (χ0n) is 11.2. The summed E-state index contributed by atoms with van der Waals surface area (Å²) >= 11 is 1.41. The summed E-state index contributed by atoms with van der Waals surface area (Å²) in [5.74, 6) is 6.56. The molecule has 3 rings (SSSR count). The molecule has 0 atom stereocenters. The predicted octanol–water partition coefficient (Wildman–Crippen LogP) is 2.39. The van der Waals surface area contributed by atoms with Crippen LogP contribution in [0.1, 0.15) is 11.3 Å². The smallest absolute Gasteiger partial charge is 0.209 e. The number of thioether (sulfide) groups is 1. The molecule has 0 bridgehead atoms. The minimum absolute atomic E-state index is 0.283. The van der Waals surface area contributed by atoms with Crippen molar-refractivity contribution in [3.8, 4) is 11.3 Å². The first-order chi connectivity index (χ1) is 10.1. The van der Waals surface area contributed by atoms with Gasteiger partial charge in [-0.25, -0.2) is 9.07 Å². The lowest BCUT2D eigenvalue weighted by Gasteiger charge is -1.99. The molecule has 21 heavy (non-hydrogen) atoms. The fourth-order valence-corrected chi connectivity index (χ4v) is 2.68. The minimum atomic E-state index is -0.283. The van der Waals surface area contributed by atoms with Crippen LogP contribution in [0.3, 0.4) is 0 Å². The van der Waals surface area contributed by atoms with Crippen molar-refractivity contribution in [3.63, 3.8) is 0 Å². The van der Waals surface area contributed by atoms with E-state index in [9.17, 15) is 4.39 Å². The quantitative estimate of drug-likeness (QED) is 0.588. The first kappa shape index (κ1) is 13.6. The van der Waals surface area contributed by atoms with Gasteiger partial charge in [-0.05, 0) is 31.2 Å². The summed E-state index contributed by atoms with van der Waals surface area (Å²) in [6.45, 7) is 1.91. The van der Waals surface area contributed by atoms with E-state index in [1.54, 1.807) is 12.1 Å². The number of nitrogens with zero attached hydrogens (tertiary/aromatic N) is 4. The molecule has 0 fully saturated rings. The topological polar surface area (TPSA) is 82.8 Å². The van der Waals surface area contributed by atoms with E-state index in [0.29, 0.717) is 16.7 Å². The Morgan fingerprint density at radius 2 is 2.10 bits per heavy atom. The van der Waals surface area contributed by atoms with Crippen molar-refractivity contribution in [2.24, 2.45) is 0 Å². The van der Waals surface area contributed by atoms with E-state index in [1.165, 1.54) is 34.9 Å². The third kappa shape index (κ3) is 2.75. The van der Waals surface area contributed by atoms with Gasteiger partial charge in [-0.1, -0.05) is 16.9 Å². The lowest BCUT2D eigenvalue weighted by atomic mass is 10.1. The van der Waals surface area contributed by atoms with Gasteiger partial charge >= 0.3 is 0 Å². The predicted molar refractivity (Wildman–Crippen MR) is 76.4 cm³/mol. The Bertz CT molecular complexity index is 752. The van der Waals surface area contributed by atoms with Crippen molar-refractivity contribution in [3.05, 3.63) is 47.7 Å². The fraction of sp³-hybridized carbons (Fsp3) is 0.154. The number of benzene rings is 1. The first-order valence-corrected chi connectivity index (χ1v) is 7.12. The highest BCUT2D eigenvalue weighted by molar-refractivity contribution is 7.98. The molecule has 2 N–H and O–H groups in total. The van der Waals surface area contributed by atoms with Gasteiger partial charge in [0.1, 0.15) is 12.1 Å². The molecule has 0 unspecified atom stereocenters. The minimum Gasteiger partial charge on any atom is -0.356 e. The summed E-state index contributed by atoms with van der Waals surface area (Å²) in [5.41, 5.74) is 2.50. The molecule has 0 saturated carbocycles. The monoisotopic (exact) mass is 305 g/mol. The molecule has 0 radical (unpaired) electrons. The van der Waals surface area contributed by atoms with Crippen LogP contribution in [0.5, 0.6) is 0 Å². The number of hydrogen-bond donors (Lipinski definition) is 1. The molecule has 0 aliphatic carbocycles. The Balaban J connectivity index is 1.79. The highest BCUT2D eigenvalue weighted by atomic mass is 32.2. The molecule has 0 saturated heterocycles. The van der Waals surface area contributed by atoms with Crippen LogP contribution in [0, 0.1) is 12.7 Å². The maximum atomic E-state index is 12.9. The summed E-state index contributed by atoms with van der Waals surface area (Å²) < 4.78 is 19.7. The third-order valence-electron chi connectivity index (χ3n) is 3.01. The van der Waals surface area contributed by atoms with Gasteiger partial charge in [-0.2, -0.15) is 0 Å². The summed E-state index contributed by atoms with van der Waals surface area (Å²) in [5, 5.41) is 12.2. The summed E-state index contributed by atoms with van der Waals surface area (Å²) in [6.07, 6.45) is 1.43. The molecule has 108 valence electrons. The molecular weight excluding hydrogens is 293 g/mol. The van der Waals surface area contributed by atoms with Gasteiger partial charge in [0, 0.05) is 16.9 Å². The molecule has 3 aromatic rings. The maximum absolute atomic E-state index is 12.9. The van der Waals surface area contributed by atoms with Gasteiger partial charge in [0.05, 0.1) is 5.69 Å². The van der Waals surface area contributed by atoms with E-state index in [0.717, 1.165) is 16.8 Å². The van der Waals surface area contributed by atoms with Crippen LogP contribution < -0.4 is 5.84 Å². The van der Waals surface area contributed by atoms with Gasteiger partial charge in [0.25, 0.3) is 0 Å². The van der Waals surface area contributed by atoms with E-state index in [4.69, 9.17) is 10.4 Å². The molecule has 0 aliphatic heterocycles. The van der Waals surface area contributed by atoms with Crippen LogP contribution in [0.25, 0.3) is 11.3 Å². The highest BCUT2D eigenvalue weighted by Crippen LogP contribution is 2.29. The van der Waals surface area contributed by atoms with Crippen molar-refractivity contribution in [2.75, 3.05) is 5.84 Å². The molecule has 0 aliphatic rings. The molecule has 0 amide bonds. The van der Waals surface area contributed by atoms with Crippen LogP contribution in [0.4, 0.5) is 4.39 Å². The Labute approximate surface area is 124 Å². The second kappa shape index (κ2) is 5.57. The average molecular weight is 305 g/mol. The fourth-order valence-electron chi connectivity index (χ4n) is 1.84. The Kier molecular flexibility index (Phi) is 3.61. The second-order valence-corrected chi connectivity index (χ2v) is 5.34. The van der Waals surface area contributed by atoms with Gasteiger partial charge in [0.15, 0.2) is 5.76 Å². The van der Waals surface area contributed by atoms with Gasteiger partial charge < -0.3 is 10.4 Å². The summed E-state index contributed by atoms with van der Waals surface area (Å²) in [6, 6.07) is 6.11. The molecule has 1 aromatic carbocycles. The number of aromatic nitrogens is 4. The normalized spacial score (nSPS) is 11.0. The summed E-state index contributed by atoms with van der Waals surface area (Å²) in [7, 11) is 0. The maximum Gasteiger partial charge on any atom is 0.209 e. The Morgan fingerprint density at radius 3 is 2.76 bits per heavy atom. The lowest BCUT2D eigenvalue weighted by molar-refractivity contribution is 0.426. The second-order valence-electron chi connectivity index (χ2n) is 4.40. The van der Waals surface area contributed by atoms with Crippen LogP contribution in [-0.2, 0) is 5.75 Å². The number of rotatable bonds is 4. The van der Waals surface area contributed by atoms with Crippen molar-refractivity contribution in [1.29, 1.82) is 0 Å². The third-order valence-corrected chi connectivity index (χ3v) is 3.97. The molecule has 2 aromatic heterocycles. The van der Waals surface area contributed by atoms with Crippen molar-refractivity contribution < 1.29 is 8.91 Å². The van der Waals surface area contributed by atoms with E-state index >= 15 is 0 Å². The molecule has 8 heteroatoms. The lowest BCUT2D eigenvalue weighted by Crippen LogP contribution is -2.07.